The Kier molecular flexibility index (Phi) is 2.63. The van der Waals surface area contributed by atoms with E-state index in [1.54, 1.807) is 11.3 Å². The van der Waals surface area contributed by atoms with Crippen LogP contribution in [0.5, 0.6) is 0 Å². The van der Waals surface area contributed by atoms with Crippen LogP contribution in [0.15, 0.2) is 29.6 Å². The average Bonchev–Trinajstić information content (AvgIpc) is 3.10. The third-order valence-corrected chi connectivity index (χ3v) is 4.38. The lowest BCUT2D eigenvalue weighted by Gasteiger charge is -2.12. The zero-order chi connectivity index (χ0) is 11.8. The minimum absolute atomic E-state index is 0.0591. The Bertz CT molecular complexity index is 554. The van der Waals surface area contributed by atoms with Crippen LogP contribution in [0.25, 0.3) is 10.1 Å². The number of fused-ring (bicyclic) bond motifs is 1. The van der Waals surface area contributed by atoms with Gasteiger partial charge in [-0.15, -0.1) is 11.3 Å². The first-order valence-electron chi connectivity index (χ1n) is 5.85. The molecule has 1 aromatic carbocycles. The number of methoxy groups -OCH3 is 1. The molecule has 0 amide bonds. The first-order valence-corrected chi connectivity index (χ1v) is 6.73. The number of carbonyl (C=O) groups is 1. The Morgan fingerprint density at radius 1 is 1.41 bits per heavy atom. The highest BCUT2D eigenvalue weighted by Gasteiger charge is 2.39. The summed E-state index contributed by atoms with van der Waals surface area (Å²) in [6.45, 7) is 0. The first-order chi connectivity index (χ1) is 8.31. The summed E-state index contributed by atoms with van der Waals surface area (Å²) < 4.78 is 6.20. The fourth-order valence-corrected chi connectivity index (χ4v) is 3.37. The maximum atomic E-state index is 11.9. The van der Waals surface area contributed by atoms with Crippen molar-refractivity contribution >= 4 is 27.4 Å². The molecule has 1 fully saturated rings. The molecule has 1 atom stereocenters. The van der Waals surface area contributed by atoms with E-state index in [1.807, 2.05) is 12.1 Å². The van der Waals surface area contributed by atoms with Crippen LogP contribution in [-0.2, 0) is 9.53 Å². The van der Waals surface area contributed by atoms with Gasteiger partial charge in [0, 0.05) is 4.70 Å². The Morgan fingerprint density at radius 3 is 2.88 bits per heavy atom. The summed E-state index contributed by atoms with van der Waals surface area (Å²) in [5.41, 5.74) is 1.15. The summed E-state index contributed by atoms with van der Waals surface area (Å²) in [7, 11) is 1.48. The van der Waals surface area contributed by atoms with Crippen LogP contribution in [0.4, 0.5) is 0 Å². The lowest BCUT2D eigenvalue weighted by molar-refractivity contribution is -0.142. The van der Waals surface area contributed by atoms with Gasteiger partial charge in [0.05, 0.1) is 13.0 Å². The van der Waals surface area contributed by atoms with Gasteiger partial charge < -0.3 is 4.74 Å². The fourth-order valence-electron chi connectivity index (χ4n) is 2.37. The molecule has 17 heavy (non-hydrogen) atoms. The van der Waals surface area contributed by atoms with Crippen LogP contribution < -0.4 is 0 Å². The molecule has 1 unspecified atom stereocenters. The molecule has 1 heterocycles. The molecule has 1 aliphatic rings. The molecule has 3 heteroatoms. The van der Waals surface area contributed by atoms with E-state index in [0.29, 0.717) is 5.92 Å². The van der Waals surface area contributed by atoms with Gasteiger partial charge in [0.25, 0.3) is 0 Å². The van der Waals surface area contributed by atoms with E-state index in [2.05, 4.69) is 17.5 Å². The predicted octanol–water partition coefficient (Wildman–Crippen LogP) is 3.57. The number of hydrogen-bond acceptors (Lipinski definition) is 3. The van der Waals surface area contributed by atoms with Gasteiger partial charge in [-0.1, -0.05) is 18.2 Å². The zero-order valence-corrected chi connectivity index (χ0v) is 10.5. The second-order valence-electron chi connectivity index (χ2n) is 4.53. The van der Waals surface area contributed by atoms with Crippen molar-refractivity contribution in [3.8, 4) is 0 Å². The summed E-state index contributed by atoms with van der Waals surface area (Å²) in [6, 6.07) is 8.26. The Hall–Kier alpha value is -1.35. The number of hydrogen-bond donors (Lipinski definition) is 0. The van der Waals surface area contributed by atoms with Crippen molar-refractivity contribution in [1.82, 2.24) is 0 Å². The second-order valence-corrected chi connectivity index (χ2v) is 5.44. The van der Waals surface area contributed by atoms with Crippen molar-refractivity contribution in [3.05, 3.63) is 35.2 Å². The van der Waals surface area contributed by atoms with Crippen LogP contribution in [0, 0.1) is 5.92 Å². The number of esters is 1. The molecule has 0 saturated heterocycles. The fraction of sp³-hybridized carbons (Fsp3) is 0.357. The van der Waals surface area contributed by atoms with Crippen LogP contribution in [0.3, 0.4) is 0 Å². The van der Waals surface area contributed by atoms with Crippen molar-refractivity contribution in [3.63, 3.8) is 0 Å². The minimum atomic E-state index is -0.0870. The van der Waals surface area contributed by atoms with Gasteiger partial charge in [0.2, 0.25) is 0 Å². The Labute approximate surface area is 104 Å². The molecule has 0 bridgehead atoms. The van der Waals surface area contributed by atoms with E-state index in [0.717, 1.165) is 18.4 Å². The minimum Gasteiger partial charge on any atom is -0.469 e. The maximum absolute atomic E-state index is 11.9. The Balaban J connectivity index is 2.08. The van der Waals surface area contributed by atoms with Crippen LogP contribution in [0.1, 0.15) is 24.3 Å². The molecule has 0 N–H and O–H groups in total. The van der Waals surface area contributed by atoms with Crippen LogP contribution in [-0.4, -0.2) is 13.1 Å². The van der Waals surface area contributed by atoms with Crippen molar-refractivity contribution in [2.24, 2.45) is 5.92 Å². The van der Waals surface area contributed by atoms with Gasteiger partial charge >= 0.3 is 5.97 Å². The quantitative estimate of drug-likeness (QED) is 0.774. The van der Waals surface area contributed by atoms with Gasteiger partial charge in [0.15, 0.2) is 0 Å². The zero-order valence-electron chi connectivity index (χ0n) is 9.68. The van der Waals surface area contributed by atoms with Crippen molar-refractivity contribution in [2.75, 3.05) is 7.11 Å². The van der Waals surface area contributed by atoms with Gasteiger partial charge in [-0.25, -0.2) is 0 Å². The third-order valence-electron chi connectivity index (χ3n) is 3.39. The predicted molar refractivity (Wildman–Crippen MR) is 69.3 cm³/mol. The number of benzene rings is 1. The smallest absolute Gasteiger partial charge is 0.313 e. The van der Waals surface area contributed by atoms with Gasteiger partial charge in [-0.3, -0.25) is 4.79 Å². The van der Waals surface area contributed by atoms with E-state index in [4.69, 9.17) is 4.74 Å². The third kappa shape index (κ3) is 1.84. The summed E-state index contributed by atoms with van der Waals surface area (Å²) >= 11 is 1.71. The lowest BCUT2D eigenvalue weighted by Crippen LogP contribution is -2.15. The molecule has 0 aliphatic heterocycles. The molecule has 0 spiro atoms. The van der Waals surface area contributed by atoms with E-state index in [-0.39, 0.29) is 11.9 Å². The molecule has 1 saturated carbocycles. The highest BCUT2D eigenvalue weighted by molar-refractivity contribution is 7.17. The number of rotatable bonds is 3. The molecular weight excluding hydrogens is 232 g/mol. The molecule has 2 nitrogen and oxygen atoms in total. The summed E-state index contributed by atoms with van der Waals surface area (Å²) in [4.78, 5) is 11.9. The molecule has 2 aromatic rings. The van der Waals surface area contributed by atoms with Crippen molar-refractivity contribution in [1.29, 1.82) is 0 Å². The highest BCUT2D eigenvalue weighted by Crippen LogP contribution is 2.46. The molecule has 0 radical (unpaired) electrons. The standard InChI is InChI=1S/C14H14O2S/c1-16-14(15)13(9-6-7-9)11-8-17-12-5-3-2-4-10(11)12/h2-5,8-9,13H,6-7H2,1H3. The highest BCUT2D eigenvalue weighted by atomic mass is 32.1. The SMILES string of the molecule is COC(=O)C(c1csc2ccccc12)C1CC1. The lowest BCUT2D eigenvalue weighted by atomic mass is 9.94. The molecule has 1 aromatic heterocycles. The second kappa shape index (κ2) is 4.15. The van der Waals surface area contributed by atoms with Crippen LogP contribution >= 0.6 is 11.3 Å². The first kappa shape index (κ1) is 10.8. The van der Waals surface area contributed by atoms with Gasteiger partial charge in [0.1, 0.15) is 0 Å². The van der Waals surface area contributed by atoms with Gasteiger partial charge in [-0.05, 0) is 41.2 Å². The monoisotopic (exact) mass is 246 g/mol. The number of ether oxygens (including phenoxy) is 1. The molecular formula is C14H14O2S. The molecule has 88 valence electrons. The summed E-state index contributed by atoms with van der Waals surface area (Å²) in [5.74, 6) is 0.340. The normalized spacial score (nSPS) is 17.0. The summed E-state index contributed by atoms with van der Waals surface area (Å²) in [5, 5.41) is 3.32. The number of thiophene rings is 1. The topological polar surface area (TPSA) is 26.3 Å². The largest absolute Gasteiger partial charge is 0.469 e. The van der Waals surface area contributed by atoms with Gasteiger partial charge in [-0.2, -0.15) is 0 Å². The molecule has 1 aliphatic carbocycles. The number of carbonyl (C=O) groups excluding carboxylic acids is 1. The maximum Gasteiger partial charge on any atom is 0.313 e. The average molecular weight is 246 g/mol. The van der Waals surface area contributed by atoms with E-state index < -0.39 is 0 Å². The van der Waals surface area contributed by atoms with Crippen molar-refractivity contribution in [2.45, 2.75) is 18.8 Å². The molecule has 3 rings (SSSR count). The Morgan fingerprint density at radius 2 is 2.18 bits per heavy atom. The van der Waals surface area contributed by atoms with E-state index in [9.17, 15) is 4.79 Å². The van der Waals surface area contributed by atoms with E-state index in [1.165, 1.54) is 17.2 Å². The summed E-state index contributed by atoms with van der Waals surface area (Å²) in [6.07, 6.45) is 2.29. The van der Waals surface area contributed by atoms with Crippen LogP contribution in [0.2, 0.25) is 0 Å². The van der Waals surface area contributed by atoms with Crippen molar-refractivity contribution < 1.29 is 9.53 Å². The van der Waals surface area contributed by atoms with E-state index >= 15 is 0 Å².